The average molecular weight is 246 g/mol. The molecule has 1 aliphatic heterocycles. The summed E-state index contributed by atoms with van der Waals surface area (Å²) < 4.78 is 0. The molecule has 0 saturated carbocycles. The van der Waals surface area contributed by atoms with E-state index in [0.717, 1.165) is 11.4 Å². The van der Waals surface area contributed by atoms with Gasteiger partial charge in [-0.1, -0.05) is 30.3 Å². The number of carbonyl (C=O) groups excluding carboxylic acids is 1. The summed E-state index contributed by atoms with van der Waals surface area (Å²) in [6, 6.07) is 9.89. The molecule has 96 valence electrons. The molecule has 1 aromatic carbocycles. The molecular formula is C14H18N2O2. The number of hydrogen-bond donors (Lipinski definition) is 0. The van der Waals surface area contributed by atoms with E-state index in [4.69, 9.17) is 4.84 Å². The fourth-order valence-electron chi connectivity index (χ4n) is 2.44. The second-order valence-corrected chi connectivity index (χ2v) is 5.03. The maximum atomic E-state index is 11.2. The average Bonchev–Trinajstić information content (AvgIpc) is 2.49. The summed E-state index contributed by atoms with van der Waals surface area (Å²) in [5, 5.41) is 1.61. The zero-order valence-corrected chi connectivity index (χ0v) is 11.2. The number of amidine groups is 1. The third-order valence-electron chi connectivity index (χ3n) is 3.01. The lowest BCUT2D eigenvalue weighted by molar-refractivity contribution is -0.178. The van der Waals surface area contributed by atoms with E-state index in [0.29, 0.717) is 0 Å². The van der Waals surface area contributed by atoms with E-state index >= 15 is 0 Å². The van der Waals surface area contributed by atoms with Crippen molar-refractivity contribution in [3.05, 3.63) is 35.9 Å². The second-order valence-electron chi connectivity index (χ2n) is 5.03. The van der Waals surface area contributed by atoms with Gasteiger partial charge in [0.15, 0.2) is 0 Å². The third kappa shape index (κ3) is 2.23. The van der Waals surface area contributed by atoms with Crippen molar-refractivity contribution in [2.24, 2.45) is 4.99 Å². The van der Waals surface area contributed by atoms with Crippen LogP contribution in [0, 0.1) is 0 Å². The van der Waals surface area contributed by atoms with Crippen molar-refractivity contribution in [3.8, 4) is 0 Å². The highest BCUT2D eigenvalue weighted by Crippen LogP contribution is 2.40. The predicted molar refractivity (Wildman–Crippen MR) is 70.0 cm³/mol. The van der Waals surface area contributed by atoms with Gasteiger partial charge in [-0.15, -0.1) is 0 Å². The lowest BCUT2D eigenvalue weighted by Crippen LogP contribution is -2.37. The Kier molecular flexibility index (Phi) is 3.11. The van der Waals surface area contributed by atoms with Crippen LogP contribution in [0.3, 0.4) is 0 Å². The lowest BCUT2D eigenvalue weighted by Gasteiger charge is -2.31. The Morgan fingerprint density at radius 3 is 2.50 bits per heavy atom. The fraction of sp³-hybridized carbons (Fsp3) is 0.429. The maximum absolute atomic E-state index is 11.2. The van der Waals surface area contributed by atoms with Crippen LogP contribution in [-0.4, -0.2) is 22.4 Å². The molecule has 2 rings (SSSR count). The van der Waals surface area contributed by atoms with Gasteiger partial charge >= 0.3 is 5.97 Å². The van der Waals surface area contributed by atoms with Gasteiger partial charge in [-0.25, -0.2) is 0 Å². The first kappa shape index (κ1) is 12.6. The normalized spacial score (nSPS) is 21.7. The number of nitrogens with zero attached hydrogens (tertiary/aromatic N) is 2. The van der Waals surface area contributed by atoms with Crippen LogP contribution in [0.1, 0.15) is 39.3 Å². The molecule has 1 aromatic rings. The molecule has 1 aliphatic rings. The standard InChI is InChI=1S/C14H18N2O2/c1-10-15-14(3,4)13(16(10)18-11(2)17)12-8-6-5-7-9-12/h5-9,13H,1-4H3. The minimum Gasteiger partial charge on any atom is -0.339 e. The summed E-state index contributed by atoms with van der Waals surface area (Å²) in [5.74, 6) is 0.396. The molecule has 0 aliphatic carbocycles. The van der Waals surface area contributed by atoms with Crippen LogP contribution in [0.2, 0.25) is 0 Å². The highest BCUT2D eigenvalue weighted by atomic mass is 16.7. The Morgan fingerprint density at radius 2 is 1.94 bits per heavy atom. The summed E-state index contributed by atoms with van der Waals surface area (Å²) >= 11 is 0. The topological polar surface area (TPSA) is 41.9 Å². The van der Waals surface area contributed by atoms with Gasteiger partial charge in [0.1, 0.15) is 11.9 Å². The number of benzene rings is 1. The number of rotatable bonds is 2. The zero-order chi connectivity index (χ0) is 13.3. The van der Waals surface area contributed by atoms with Crippen LogP contribution < -0.4 is 0 Å². The van der Waals surface area contributed by atoms with Crippen LogP contribution in [-0.2, 0) is 9.63 Å². The molecule has 18 heavy (non-hydrogen) atoms. The van der Waals surface area contributed by atoms with E-state index in [9.17, 15) is 4.79 Å². The van der Waals surface area contributed by atoms with Crippen molar-refractivity contribution in [1.29, 1.82) is 0 Å². The van der Waals surface area contributed by atoms with Crippen molar-refractivity contribution < 1.29 is 9.63 Å². The maximum Gasteiger partial charge on any atom is 0.329 e. The molecule has 1 atom stereocenters. The van der Waals surface area contributed by atoms with Crippen LogP contribution in [0.5, 0.6) is 0 Å². The van der Waals surface area contributed by atoms with Crippen molar-refractivity contribution in [1.82, 2.24) is 5.06 Å². The van der Waals surface area contributed by atoms with E-state index in [2.05, 4.69) is 4.99 Å². The van der Waals surface area contributed by atoms with Crippen molar-refractivity contribution in [2.45, 2.75) is 39.3 Å². The molecule has 0 amide bonds. The minimum atomic E-state index is -0.330. The van der Waals surface area contributed by atoms with Gasteiger partial charge < -0.3 is 4.84 Å². The Morgan fingerprint density at radius 1 is 1.33 bits per heavy atom. The number of carbonyl (C=O) groups is 1. The summed E-state index contributed by atoms with van der Waals surface area (Å²) in [6.07, 6.45) is 0. The molecule has 0 aromatic heterocycles. The van der Waals surface area contributed by atoms with Gasteiger partial charge in [0.25, 0.3) is 0 Å². The molecule has 4 nitrogen and oxygen atoms in total. The van der Waals surface area contributed by atoms with Gasteiger partial charge in [0.05, 0.1) is 5.54 Å². The van der Waals surface area contributed by atoms with E-state index in [1.807, 2.05) is 51.1 Å². The fourth-order valence-corrected chi connectivity index (χ4v) is 2.44. The number of aliphatic imine (C=N–C) groups is 1. The molecular weight excluding hydrogens is 228 g/mol. The van der Waals surface area contributed by atoms with Gasteiger partial charge in [-0.2, -0.15) is 5.06 Å². The van der Waals surface area contributed by atoms with Crippen LogP contribution in [0.4, 0.5) is 0 Å². The largest absolute Gasteiger partial charge is 0.339 e. The van der Waals surface area contributed by atoms with E-state index in [-0.39, 0.29) is 17.6 Å². The molecule has 1 unspecified atom stereocenters. The molecule has 0 spiro atoms. The van der Waals surface area contributed by atoms with Gasteiger partial charge in [-0.3, -0.25) is 9.79 Å². The second kappa shape index (κ2) is 4.44. The monoisotopic (exact) mass is 246 g/mol. The quantitative estimate of drug-likeness (QED) is 0.805. The molecule has 1 heterocycles. The zero-order valence-electron chi connectivity index (χ0n) is 11.2. The van der Waals surface area contributed by atoms with Gasteiger partial charge in [-0.05, 0) is 26.3 Å². The number of hydrogen-bond acceptors (Lipinski definition) is 4. The lowest BCUT2D eigenvalue weighted by atomic mass is 9.90. The summed E-state index contributed by atoms with van der Waals surface area (Å²) in [6.45, 7) is 7.34. The van der Waals surface area contributed by atoms with Crippen LogP contribution in [0.15, 0.2) is 35.3 Å². The van der Waals surface area contributed by atoms with E-state index < -0.39 is 0 Å². The highest BCUT2D eigenvalue weighted by Gasteiger charge is 2.43. The van der Waals surface area contributed by atoms with Crippen molar-refractivity contribution in [3.63, 3.8) is 0 Å². The number of hydroxylamine groups is 2. The summed E-state index contributed by atoms with van der Waals surface area (Å²) in [4.78, 5) is 21.1. The minimum absolute atomic E-state index is 0.0809. The third-order valence-corrected chi connectivity index (χ3v) is 3.01. The molecule has 0 saturated heterocycles. The molecule has 0 N–H and O–H groups in total. The molecule has 0 radical (unpaired) electrons. The van der Waals surface area contributed by atoms with Gasteiger partial charge in [0.2, 0.25) is 0 Å². The molecule has 0 fully saturated rings. The Labute approximate surface area is 107 Å². The van der Waals surface area contributed by atoms with Crippen LogP contribution >= 0.6 is 0 Å². The first-order valence-corrected chi connectivity index (χ1v) is 6.01. The van der Waals surface area contributed by atoms with Gasteiger partial charge in [0, 0.05) is 6.92 Å². The molecule has 4 heteroatoms. The highest BCUT2D eigenvalue weighted by molar-refractivity contribution is 5.83. The SMILES string of the molecule is CC(=O)ON1C(C)=NC(C)(C)C1c1ccccc1. The van der Waals surface area contributed by atoms with E-state index in [1.54, 1.807) is 5.06 Å². The van der Waals surface area contributed by atoms with Crippen molar-refractivity contribution >= 4 is 11.8 Å². The Balaban J connectivity index is 2.39. The predicted octanol–water partition coefficient (Wildman–Crippen LogP) is 2.72. The van der Waals surface area contributed by atoms with E-state index in [1.165, 1.54) is 6.92 Å². The first-order valence-electron chi connectivity index (χ1n) is 6.01. The van der Waals surface area contributed by atoms with Crippen molar-refractivity contribution in [2.75, 3.05) is 0 Å². The molecule has 0 bridgehead atoms. The smallest absolute Gasteiger partial charge is 0.329 e. The first-order chi connectivity index (χ1) is 8.42. The Bertz CT molecular complexity index is 480. The summed E-state index contributed by atoms with van der Waals surface area (Å²) in [5.41, 5.74) is 0.769. The summed E-state index contributed by atoms with van der Waals surface area (Å²) in [7, 11) is 0. The van der Waals surface area contributed by atoms with Crippen LogP contribution in [0.25, 0.3) is 0 Å². The Hall–Kier alpha value is -1.84.